The molecule has 6 aromatic carbocycles. The maximum atomic E-state index is 7.14. The highest BCUT2D eigenvalue weighted by Gasteiger charge is 2.51. The van der Waals surface area contributed by atoms with Crippen LogP contribution in [0, 0.1) is 0 Å². The molecule has 5 aliphatic heterocycles. The molecule has 0 aliphatic carbocycles. The SMILES string of the molecule is COc1cc(CC2CO2)ccc1OP1(Oc2ccc(CC3CO3)cc2OC)=NP2(=NP3(=N1)Oc1ccccc1-c1ccccc1O3)Oc1ccccc1-c1ccccc1O2. The van der Waals surface area contributed by atoms with E-state index in [1.54, 1.807) is 14.2 Å². The van der Waals surface area contributed by atoms with Crippen LogP contribution in [0.2, 0.25) is 0 Å². The van der Waals surface area contributed by atoms with Crippen molar-refractivity contribution in [1.82, 2.24) is 0 Å². The molecule has 13 nitrogen and oxygen atoms in total. The minimum absolute atomic E-state index is 0.162. The number of ether oxygens (including phenoxy) is 4. The van der Waals surface area contributed by atoms with Gasteiger partial charge in [-0.1, -0.05) is 98.5 Å². The Kier molecular flexibility index (Phi) is 9.21. The second-order valence-electron chi connectivity index (χ2n) is 14.6. The van der Waals surface area contributed by atoms with E-state index >= 15 is 0 Å². The highest BCUT2D eigenvalue weighted by Crippen LogP contribution is 2.80. The van der Waals surface area contributed by atoms with Crippen LogP contribution in [0.5, 0.6) is 46.0 Å². The Morgan fingerprint density at radius 3 is 1.20 bits per heavy atom. The first kappa shape index (κ1) is 37.3. The van der Waals surface area contributed by atoms with Gasteiger partial charge in [0.25, 0.3) is 0 Å². The summed E-state index contributed by atoms with van der Waals surface area (Å²) in [5.74, 6) is 3.46. The van der Waals surface area contributed by atoms with Crippen LogP contribution in [0.1, 0.15) is 11.1 Å². The Bertz CT molecular complexity index is 2590. The first-order valence-electron chi connectivity index (χ1n) is 19.4. The van der Waals surface area contributed by atoms with Gasteiger partial charge in [0.15, 0.2) is 23.0 Å². The molecule has 0 N–H and O–H groups in total. The summed E-state index contributed by atoms with van der Waals surface area (Å²) in [4.78, 5) is 0. The molecular weight excluding hydrogens is 823 g/mol. The second-order valence-corrected chi connectivity index (χ2v) is 20.7. The van der Waals surface area contributed by atoms with Gasteiger partial charge < -0.3 is 46.1 Å². The summed E-state index contributed by atoms with van der Waals surface area (Å²) >= 11 is 0. The molecule has 60 heavy (non-hydrogen) atoms. The van der Waals surface area contributed by atoms with Crippen LogP contribution in [0.15, 0.2) is 147 Å². The van der Waals surface area contributed by atoms with Crippen LogP contribution in [-0.2, 0) is 22.3 Å². The molecule has 5 heterocycles. The minimum atomic E-state index is -4.18. The zero-order chi connectivity index (χ0) is 40.3. The van der Waals surface area contributed by atoms with Crippen LogP contribution >= 0.6 is 23.0 Å². The molecule has 2 spiro atoms. The van der Waals surface area contributed by atoms with E-state index in [1.165, 1.54) is 0 Å². The molecule has 11 rings (SSSR count). The minimum Gasteiger partial charge on any atom is -0.493 e. The van der Waals surface area contributed by atoms with Crippen molar-refractivity contribution in [3.8, 4) is 68.2 Å². The monoisotopic (exact) mass is 861 g/mol. The first-order chi connectivity index (χ1) is 29.4. The topological polar surface area (TPSA) is 136 Å². The van der Waals surface area contributed by atoms with Crippen LogP contribution in [0.25, 0.3) is 22.3 Å². The average Bonchev–Trinajstić information content (AvgIpc) is 4.20. The number of rotatable bonds is 10. The lowest BCUT2D eigenvalue weighted by atomic mass is 10.0. The third-order valence-electron chi connectivity index (χ3n) is 10.3. The number of para-hydroxylation sites is 4. The number of epoxide rings is 2. The molecule has 0 saturated carbocycles. The van der Waals surface area contributed by atoms with E-state index in [0.29, 0.717) is 59.2 Å². The third-order valence-corrected chi connectivity index (χ3v) is 18.3. The van der Waals surface area contributed by atoms with E-state index in [4.69, 9.17) is 59.6 Å². The van der Waals surface area contributed by atoms with Gasteiger partial charge in [-0.05, 0) is 59.7 Å². The molecule has 0 bridgehead atoms. The van der Waals surface area contributed by atoms with E-state index in [2.05, 4.69) is 0 Å². The van der Waals surface area contributed by atoms with Gasteiger partial charge in [0.1, 0.15) is 23.0 Å². The Morgan fingerprint density at radius 2 is 0.833 bits per heavy atom. The Labute approximate surface area is 346 Å². The number of methoxy groups -OCH3 is 2. The van der Waals surface area contributed by atoms with Gasteiger partial charge in [0.2, 0.25) is 0 Å². The summed E-state index contributed by atoms with van der Waals surface area (Å²) in [6, 6.07) is 42.1. The van der Waals surface area contributed by atoms with Gasteiger partial charge in [-0.3, -0.25) is 0 Å². The van der Waals surface area contributed by atoms with Gasteiger partial charge in [0, 0.05) is 35.1 Å². The maximum absolute atomic E-state index is 7.14. The third kappa shape index (κ3) is 7.21. The number of hydrogen-bond donors (Lipinski definition) is 0. The lowest BCUT2D eigenvalue weighted by Gasteiger charge is -2.32. The number of hydrogen-bond acceptors (Lipinski definition) is 13. The molecule has 6 aromatic rings. The lowest BCUT2D eigenvalue weighted by molar-refractivity contribution is 0.373. The van der Waals surface area contributed by atoms with E-state index in [-0.39, 0.29) is 12.2 Å². The molecule has 2 atom stereocenters. The highest BCUT2D eigenvalue weighted by molar-refractivity contribution is 7.79. The quantitative estimate of drug-likeness (QED) is 0.0967. The molecule has 2 unspecified atom stereocenters. The molecule has 0 radical (unpaired) electrons. The van der Waals surface area contributed by atoms with Gasteiger partial charge in [-0.25, -0.2) is 0 Å². The molecule has 5 aliphatic rings. The van der Waals surface area contributed by atoms with Crippen LogP contribution in [-0.4, -0.2) is 39.6 Å². The molecular formula is C44H38N3O10P3. The molecule has 0 aromatic heterocycles. The van der Waals surface area contributed by atoms with E-state index in [1.807, 2.05) is 133 Å². The molecule has 2 fully saturated rings. The standard InChI is InChI=1S/C44H38N3O10P3/c1-48-43-25-29(23-31-27-50-31)19-21-41(43)56-60(57-42-22-20-30(24-32-28-51-32)26-44(42)49-2)46-58(52-37-15-7-3-11-33(37)34-12-4-8-16-38(34)53-58)45-59(47-60)54-39-17-9-5-13-35(39)36-14-6-10-18-40(36)55-59/h3-22,25-26,31-32H,23-24,27-28H2,1-2H3. The maximum Gasteiger partial charge on any atom is 0.461 e. The average molecular weight is 862 g/mol. The first-order valence-corrected chi connectivity index (χ1v) is 24.0. The molecule has 16 heteroatoms. The van der Waals surface area contributed by atoms with Crippen molar-refractivity contribution in [2.24, 2.45) is 13.5 Å². The molecule has 304 valence electrons. The summed E-state index contributed by atoms with van der Waals surface area (Å²) in [5, 5.41) is 0. The Hall–Kier alpha value is -5.67. The zero-order valence-electron chi connectivity index (χ0n) is 32.5. The summed E-state index contributed by atoms with van der Waals surface area (Å²) < 4.78 is 81.5. The molecule has 2 saturated heterocycles. The van der Waals surface area contributed by atoms with Crippen molar-refractivity contribution in [3.63, 3.8) is 0 Å². The van der Waals surface area contributed by atoms with Gasteiger partial charge in [-0.15, -0.1) is 0 Å². The number of benzene rings is 6. The van der Waals surface area contributed by atoms with Crippen molar-refractivity contribution in [2.75, 3.05) is 27.4 Å². The van der Waals surface area contributed by atoms with Crippen molar-refractivity contribution < 1.29 is 46.1 Å². The Balaban J connectivity index is 1.19. The van der Waals surface area contributed by atoms with Crippen molar-refractivity contribution in [1.29, 1.82) is 0 Å². The second kappa shape index (κ2) is 14.8. The summed E-state index contributed by atoms with van der Waals surface area (Å²) in [7, 11) is -9.04. The van der Waals surface area contributed by atoms with Crippen molar-refractivity contribution >= 4 is 23.0 Å². The van der Waals surface area contributed by atoms with Crippen LogP contribution < -0.4 is 36.6 Å². The summed E-state index contributed by atoms with van der Waals surface area (Å²) in [6.07, 6.45) is 1.77. The predicted molar refractivity (Wildman–Crippen MR) is 228 cm³/mol. The fourth-order valence-electron chi connectivity index (χ4n) is 7.33. The largest absolute Gasteiger partial charge is 0.493 e. The lowest BCUT2D eigenvalue weighted by Crippen LogP contribution is -2.11. The van der Waals surface area contributed by atoms with Gasteiger partial charge in [0.05, 0.1) is 39.6 Å². The van der Waals surface area contributed by atoms with E-state index in [0.717, 1.165) is 46.2 Å². The predicted octanol–water partition coefficient (Wildman–Crippen LogP) is 12.2. The fourth-order valence-corrected chi connectivity index (χ4v) is 16.5. The Morgan fingerprint density at radius 1 is 0.467 bits per heavy atom. The molecule has 0 amide bonds. The van der Waals surface area contributed by atoms with Crippen LogP contribution in [0.4, 0.5) is 0 Å². The smallest absolute Gasteiger partial charge is 0.461 e. The van der Waals surface area contributed by atoms with Crippen molar-refractivity contribution in [3.05, 3.63) is 145 Å². The normalized spacial score (nSPS) is 21.6. The fraction of sp³-hybridized carbons (Fsp3) is 0.182. The number of fused-ring (bicyclic) bond motifs is 6. The van der Waals surface area contributed by atoms with E-state index in [9.17, 15) is 0 Å². The summed E-state index contributed by atoms with van der Waals surface area (Å²) in [6.45, 7) is 1.43. The van der Waals surface area contributed by atoms with Crippen LogP contribution in [0.3, 0.4) is 0 Å². The zero-order valence-corrected chi connectivity index (χ0v) is 35.1. The van der Waals surface area contributed by atoms with E-state index < -0.39 is 23.0 Å². The summed E-state index contributed by atoms with van der Waals surface area (Å²) in [5.41, 5.74) is 5.21. The van der Waals surface area contributed by atoms with Gasteiger partial charge >= 0.3 is 23.0 Å². The number of nitrogens with zero attached hydrogens (tertiary/aromatic N) is 3. The highest BCUT2D eigenvalue weighted by atomic mass is 31.3. The van der Waals surface area contributed by atoms with Gasteiger partial charge in [-0.2, -0.15) is 0 Å². The van der Waals surface area contributed by atoms with Crippen molar-refractivity contribution in [2.45, 2.75) is 25.0 Å².